The molecule has 19 heavy (non-hydrogen) atoms. The van der Waals surface area contributed by atoms with E-state index in [4.69, 9.17) is 15.9 Å². The first-order valence-electron chi connectivity index (χ1n) is 5.58. The Morgan fingerprint density at radius 2 is 1.79 bits per heavy atom. The van der Waals surface area contributed by atoms with Crippen LogP contribution in [-0.4, -0.2) is 5.84 Å². The summed E-state index contributed by atoms with van der Waals surface area (Å²) in [5.74, 6) is 0.586. The Morgan fingerprint density at radius 1 is 1.11 bits per heavy atom. The van der Waals surface area contributed by atoms with E-state index in [1.807, 2.05) is 36.4 Å². The van der Waals surface area contributed by atoms with Crippen LogP contribution < -0.4 is 10.5 Å². The average molecular weight is 384 g/mol. The van der Waals surface area contributed by atoms with E-state index in [-0.39, 0.29) is 5.84 Å². The predicted octanol–water partition coefficient (Wildman–Crippen LogP) is 4.07. The quantitative estimate of drug-likeness (QED) is 0.617. The van der Waals surface area contributed by atoms with Gasteiger partial charge in [-0.2, -0.15) is 0 Å². The minimum atomic E-state index is -0.0155. The van der Waals surface area contributed by atoms with E-state index in [0.29, 0.717) is 17.9 Å². The lowest BCUT2D eigenvalue weighted by Gasteiger charge is -2.12. The monoisotopic (exact) mass is 382 g/mol. The predicted molar refractivity (Wildman–Crippen MR) is 83.6 cm³/mol. The van der Waals surface area contributed by atoms with Crippen molar-refractivity contribution in [1.82, 2.24) is 0 Å². The summed E-state index contributed by atoms with van der Waals surface area (Å²) in [5.41, 5.74) is 7.21. The van der Waals surface area contributed by atoms with E-state index >= 15 is 0 Å². The number of nitrogens with one attached hydrogen (secondary N) is 1. The number of hydrogen-bond donors (Lipinski definition) is 2. The minimum absolute atomic E-state index is 0.0155. The fourth-order valence-electron chi connectivity index (χ4n) is 1.63. The van der Waals surface area contributed by atoms with Gasteiger partial charge in [-0.1, -0.05) is 34.1 Å². The zero-order valence-corrected chi connectivity index (χ0v) is 13.2. The van der Waals surface area contributed by atoms with Gasteiger partial charge in [0, 0.05) is 8.95 Å². The molecule has 3 N–H and O–H groups in total. The molecule has 0 amide bonds. The van der Waals surface area contributed by atoms with E-state index in [1.165, 1.54) is 0 Å². The second-order valence-electron chi connectivity index (χ2n) is 3.94. The Hall–Kier alpha value is -1.33. The smallest absolute Gasteiger partial charge is 0.131 e. The Kier molecular flexibility index (Phi) is 4.61. The van der Waals surface area contributed by atoms with Crippen molar-refractivity contribution in [2.45, 2.75) is 6.61 Å². The maximum absolute atomic E-state index is 7.59. The summed E-state index contributed by atoms with van der Waals surface area (Å²) >= 11 is 6.77. The van der Waals surface area contributed by atoms with Crippen LogP contribution in [0.15, 0.2) is 51.4 Å². The summed E-state index contributed by atoms with van der Waals surface area (Å²) in [7, 11) is 0. The second kappa shape index (κ2) is 6.21. The van der Waals surface area contributed by atoms with Crippen LogP contribution in [-0.2, 0) is 6.61 Å². The van der Waals surface area contributed by atoms with Crippen molar-refractivity contribution in [1.29, 1.82) is 5.41 Å². The molecule has 0 bridgehead atoms. The van der Waals surface area contributed by atoms with Crippen LogP contribution in [0.4, 0.5) is 0 Å². The van der Waals surface area contributed by atoms with E-state index < -0.39 is 0 Å². The molecule has 0 unspecified atom stereocenters. The third-order valence-corrected chi connectivity index (χ3v) is 3.74. The summed E-state index contributed by atoms with van der Waals surface area (Å²) < 4.78 is 7.53. The first-order chi connectivity index (χ1) is 9.08. The molecule has 2 rings (SSSR count). The van der Waals surface area contributed by atoms with Crippen LogP contribution in [0.1, 0.15) is 11.1 Å². The Morgan fingerprint density at radius 3 is 2.42 bits per heavy atom. The molecule has 98 valence electrons. The maximum Gasteiger partial charge on any atom is 0.131 e. The molecule has 0 aliphatic rings. The number of halogens is 2. The molecule has 5 heteroatoms. The molecular formula is C14H12Br2N2O. The van der Waals surface area contributed by atoms with Gasteiger partial charge < -0.3 is 10.5 Å². The number of amidine groups is 1. The fourth-order valence-corrected chi connectivity index (χ4v) is 2.45. The molecule has 0 saturated carbocycles. The van der Waals surface area contributed by atoms with Gasteiger partial charge in [-0.25, -0.2) is 0 Å². The van der Waals surface area contributed by atoms with Gasteiger partial charge in [0.1, 0.15) is 18.2 Å². The van der Waals surface area contributed by atoms with E-state index in [1.54, 1.807) is 6.07 Å². The van der Waals surface area contributed by atoms with E-state index in [2.05, 4.69) is 31.9 Å². The zero-order chi connectivity index (χ0) is 13.8. The number of nitrogen functional groups attached to an aromatic ring is 1. The van der Waals surface area contributed by atoms with Gasteiger partial charge in [0.15, 0.2) is 0 Å². The fraction of sp³-hybridized carbons (Fsp3) is 0.0714. The van der Waals surface area contributed by atoms with Gasteiger partial charge in [0.2, 0.25) is 0 Å². The van der Waals surface area contributed by atoms with E-state index in [0.717, 1.165) is 14.5 Å². The molecule has 0 spiro atoms. The third kappa shape index (κ3) is 3.58. The van der Waals surface area contributed by atoms with Crippen LogP contribution in [0.2, 0.25) is 0 Å². The molecule has 2 aromatic carbocycles. The van der Waals surface area contributed by atoms with Gasteiger partial charge in [-0.3, -0.25) is 5.41 Å². The van der Waals surface area contributed by atoms with Crippen molar-refractivity contribution in [2.24, 2.45) is 5.73 Å². The highest BCUT2D eigenvalue weighted by atomic mass is 79.9. The summed E-state index contributed by atoms with van der Waals surface area (Å²) in [4.78, 5) is 0. The summed E-state index contributed by atoms with van der Waals surface area (Å²) in [6.45, 7) is 0.435. The molecule has 0 aromatic heterocycles. The van der Waals surface area contributed by atoms with Crippen LogP contribution in [0, 0.1) is 5.41 Å². The van der Waals surface area contributed by atoms with Gasteiger partial charge in [0.05, 0.1) is 5.56 Å². The summed E-state index contributed by atoms with van der Waals surface area (Å²) in [6, 6.07) is 13.4. The Labute approximate surface area is 128 Å². The van der Waals surface area contributed by atoms with Crippen molar-refractivity contribution < 1.29 is 4.74 Å². The summed E-state index contributed by atoms with van der Waals surface area (Å²) in [6.07, 6.45) is 0. The minimum Gasteiger partial charge on any atom is -0.488 e. The maximum atomic E-state index is 7.59. The van der Waals surface area contributed by atoms with Gasteiger partial charge >= 0.3 is 0 Å². The van der Waals surface area contributed by atoms with Gasteiger partial charge in [-0.15, -0.1) is 0 Å². The van der Waals surface area contributed by atoms with Gasteiger partial charge in [0.25, 0.3) is 0 Å². The van der Waals surface area contributed by atoms with Crippen molar-refractivity contribution >= 4 is 37.7 Å². The molecule has 0 fully saturated rings. The number of benzene rings is 2. The number of ether oxygens (including phenoxy) is 1. The highest BCUT2D eigenvalue weighted by molar-refractivity contribution is 9.10. The Balaban J connectivity index is 2.18. The average Bonchev–Trinajstić information content (AvgIpc) is 2.37. The highest BCUT2D eigenvalue weighted by Crippen LogP contribution is 2.27. The normalized spacial score (nSPS) is 10.2. The summed E-state index contributed by atoms with van der Waals surface area (Å²) in [5, 5.41) is 7.59. The molecule has 2 aromatic rings. The third-order valence-electron chi connectivity index (χ3n) is 2.55. The van der Waals surface area contributed by atoms with E-state index in [9.17, 15) is 0 Å². The molecule has 0 atom stereocenters. The lowest BCUT2D eigenvalue weighted by Crippen LogP contribution is -2.14. The molecule has 0 heterocycles. The van der Waals surface area contributed by atoms with Crippen molar-refractivity contribution in [3.63, 3.8) is 0 Å². The van der Waals surface area contributed by atoms with Gasteiger partial charge in [-0.05, 0) is 45.8 Å². The largest absolute Gasteiger partial charge is 0.488 e. The zero-order valence-electron chi connectivity index (χ0n) is 9.99. The van der Waals surface area contributed by atoms with Crippen LogP contribution in [0.3, 0.4) is 0 Å². The molecule has 0 aliphatic heterocycles. The second-order valence-corrected chi connectivity index (χ2v) is 5.71. The number of rotatable bonds is 4. The molecule has 0 saturated heterocycles. The number of hydrogen-bond acceptors (Lipinski definition) is 2. The molecular weight excluding hydrogens is 372 g/mol. The highest BCUT2D eigenvalue weighted by Gasteiger charge is 2.10. The standard InChI is InChI=1S/C14H12Br2N2O/c15-10-6-4-9(5-7-10)8-19-12-3-1-2-11(16)13(12)14(17)18/h1-7H,8H2,(H3,17,18). The Bertz CT molecular complexity index is 597. The number of nitrogens with two attached hydrogens (primary N) is 1. The molecule has 0 aliphatic carbocycles. The SMILES string of the molecule is N=C(N)c1c(Br)cccc1OCc1ccc(Br)cc1. The molecule has 0 radical (unpaired) electrons. The van der Waals surface area contributed by atoms with Crippen LogP contribution in [0.5, 0.6) is 5.75 Å². The van der Waals surface area contributed by atoms with Crippen LogP contribution in [0.25, 0.3) is 0 Å². The van der Waals surface area contributed by atoms with Crippen LogP contribution >= 0.6 is 31.9 Å². The van der Waals surface area contributed by atoms with Crippen molar-refractivity contribution in [3.8, 4) is 5.75 Å². The van der Waals surface area contributed by atoms with Crippen molar-refractivity contribution in [3.05, 3.63) is 62.5 Å². The first kappa shape index (κ1) is 14.1. The van der Waals surface area contributed by atoms with Crippen molar-refractivity contribution in [2.75, 3.05) is 0 Å². The lowest BCUT2D eigenvalue weighted by molar-refractivity contribution is 0.305. The molecule has 3 nitrogen and oxygen atoms in total. The lowest BCUT2D eigenvalue weighted by atomic mass is 10.2. The topological polar surface area (TPSA) is 59.1 Å². The first-order valence-corrected chi connectivity index (χ1v) is 7.16.